The molecule has 0 spiro atoms. The number of para-hydroxylation sites is 2. The van der Waals surface area contributed by atoms with Gasteiger partial charge in [-0.05, 0) is 24.1 Å². The third-order valence-corrected chi connectivity index (χ3v) is 4.39. The lowest BCUT2D eigenvalue weighted by atomic mass is 10.0. The van der Waals surface area contributed by atoms with Crippen LogP contribution in [0.4, 0.5) is 5.69 Å². The van der Waals surface area contributed by atoms with Crippen molar-refractivity contribution in [3.8, 4) is 0 Å². The minimum absolute atomic E-state index is 0.0389. The SMILES string of the molecule is CC(C)C(NC(=O)c1cc([N+](=O)[O-])ccc1Cl)c1nc2ccccc2[nH]1. The number of rotatable bonds is 5. The number of H-pyrrole nitrogens is 1. The van der Waals surface area contributed by atoms with E-state index in [1.54, 1.807) is 0 Å². The Labute approximate surface area is 154 Å². The number of nitrogens with zero attached hydrogens (tertiary/aromatic N) is 2. The molecule has 1 amide bonds. The van der Waals surface area contributed by atoms with Crippen LogP contribution in [0.25, 0.3) is 11.0 Å². The number of carbonyl (C=O) groups excluding carboxylic acids is 1. The van der Waals surface area contributed by atoms with Crippen LogP contribution in [-0.4, -0.2) is 20.8 Å². The van der Waals surface area contributed by atoms with E-state index in [4.69, 9.17) is 11.6 Å². The molecule has 26 heavy (non-hydrogen) atoms. The molecule has 0 saturated carbocycles. The summed E-state index contributed by atoms with van der Waals surface area (Å²) >= 11 is 6.06. The van der Waals surface area contributed by atoms with Gasteiger partial charge in [-0.25, -0.2) is 4.98 Å². The van der Waals surface area contributed by atoms with Crippen molar-refractivity contribution in [1.29, 1.82) is 0 Å². The summed E-state index contributed by atoms with van der Waals surface area (Å²) in [5, 5.41) is 14.0. The van der Waals surface area contributed by atoms with Crippen LogP contribution in [0, 0.1) is 16.0 Å². The van der Waals surface area contributed by atoms with Gasteiger partial charge in [0.1, 0.15) is 5.82 Å². The summed E-state index contributed by atoms with van der Waals surface area (Å²) in [7, 11) is 0. The molecule has 2 aromatic carbocycles. The summed E-state index contributed by atoms with van der Waals surface area (Å²) < 4.78 is 0. The Morgan fingerprint density at radius 3 is 2.65 bits per heavy atom. The average molecular weight is 373 g/mol. The zero-order valence-corrected chi connectivity index (χ0v) is 14.9. The maximum absolute atomic E-state index is 12.7. The number of hydrogen-bond donors (Lipinski definition) is 2. The standard InChI is InChI=1S/C18H17ClN4O3/c1-10(2)16(17-20-14-5-3-4-6-15(14)21-17)22-18(24)12-9-11(23(25)26)7-8-13(12)19/h3-10,16H,1-2H3,(H,20,21)(H,22,24). The molecule has 0 aliphatic rings. The van der Waals surface area contributed by atoms with E-state index in [1.807, 2.05) is 38.1 Å². The number of carbonyl (C=O) groups is 1. The van der Waals surface area contributed by atoms with E-state index in [-0.39, 0.29) is 22.2 Å². The average Bonchev–Trinajstić information content (AvgIpc) is 3.02. The van der Waals surface area contributed by atoms with E-state index in [9.17, 15) is 14.9 Å². The highest BCUT2D eigenvalue weighted by atomic mass is 35.5. The lowest BCUT2D eigenvalue weighted by molar-refractivity contribution is -0.384. The van der Waals surface area contributed by atoms with Crippen molar-refractivity contribution < 1.29 is 9.72 Å². The van der Waals surface area contributed by atoms with Crippen molar-refractivity contribution in [2.45, 2.75) is 19.9 Å². The molecule has 2 N–H and O–H groups in total. The van der Waals surface area contributed by atoms with Crippen LogP contribution in [0.5, 0.6) is 0 Å². The highest BCUT2D eigenvalue weighted by molar-refractivity contribution is 6.34. The van der Waals surface area contributed by atoms with E-state index in [2.05, 4.69) is 15.3 Å². The van der Waals surface area contributed by atoms with Gasteiger partial charge in [0.25, 0.3) is 11.6 Å². The first-order valence-corrected chi connectivity index (χ1v) is 8.44. The molecule has 0 fully saturated rings. The number of fused-ring (bicyclic) bond motifs is 1. The van der Waals surface area contributed by atoms with Crippen molar-refractivity contribution >= 4 is 34.2 Å². The summed E-state index contributed by atoms with van der Waals surface area (Å²) in [6.45, 7) is 3.90. The van der Waals surface area contributed by atoms with E-state index >= 15 is 0 Å². The Hall–Kier alpha value is -2.93. The van der Waals surface area contributed by atoms with Gasteiger partial charge < -0.3 is 10.3 Å². The third-order valence-electron chi connectivity index (χ3n) is 4.06. The minimum Gasteiger partial charge on any atom is -0.342 e. The number of hydrogen-bond acceptors (Lipinski definition) is 4. The first kappa shape index (κ1) is 17.9. The summed E-state index contributed by atoms with van der Waals surface area (Å²) in [4.78, 5) is 30.8. The number of aromatic nitrogens is 2. The van der Waals surface area contributed by atoms with E-state index < -0.39 is 16.9 Å². The predicted molar refractivity (Wildman–Crippen MR) is 99.2 cm³/mol. The van der Waals surface area contributed by atoms with E-state index in [1.165, 1.54) is 18.2 Å². The quantitative estimate of drug-likeness (QED) is 0.516. The molecule has 0 radical (unpaired) electrons. The van der Waals surface area contributed by atoms with Crippen LogP contribution < -0.4 is 5.32 Å². The monoisotopic (exact) mass is 372 g/mol. The number of benzene rings is 2. The normalized spacial score (nSPS) is 12.3. The van der Waals surface area contributed by atoms with E-state index in [0.29, 0.717) is 5.82 Å². The number of nitrogens with one attached hydrogen (secondary N) is 2. The van der Waals surface area contributed by atoms with E-state index in [0.717, 1.165) is 11.0 Å². The van der Waals surface area contributed by atoms with Crippen LogP contribution in [0.2, 0.25) is 5.02 Å². The second-order valence-electron chi connectivity index (χ2n) is 6.26. The van der Waals surface area contributed by atoms with Crippen molar-refractivity contribution in [1.82, 2.24) is 15.3 Å². The van der Waals surface area contributed by atoms with Crippen LogP contribution in [0.3, 0.4) is 0 Å². The second-order valence-corrected chi connectivity index (χ2v) is 6.66. The van der Waals surface area contributed by atoms with Crippen molar-refractivity contribution in [2.24, 2.45) is 5.92 Å². The molecule has 0 saturated heterocycles. The molecule has 1 heterocycles. The van der Waals surface area contributed by atoms with Crippen molar-refractivity contribution in [3.63, 3.8) is 0 Å². The fraction of sp³-hybridized carbons (Fsp3) is 0.222. The molecule has 134 valence electrons. The molecule has 1 unspecified atom stereocenters. The first-order chi connectivity index (χ1) is 12.4. The molecular formula is C18H17ClN4O3. The summed E-state index contributed by atoms with van der Waals surface area (Å²) in [6.07, 6.45) is 0. The molecule has 3 aromatic rings. The molecule has 0 aliphatic carbocycles. The lowest BCUT2D eigenvalue weighted by Gasteiger charge is -2.20. The van der Waals surface area contributed by atoms with Gasteiger partial charge in [0.2, 0.25) is 0 Å². The Bertz CT molecular complexity index is 950. The number of amides is 1. The predicted octanol–water partition coefficient (Wildman–Crippen LogP) is 4.25. The number of halogens is 1. The molecule has 0 bridgehead atoms. The number of nitro benzene ring substituents is 1. The zero-order chi connectivity index (χ0) is 18.8. The molecule has 1 atom stereocenters. The molecule has 0 aliphatic heterocycles. The Morgan fingerprint density at radius 2 is 2.00 bits per heavy atom. The van der Waals surface area contributed by atoms with Crippen molar-refractivity contribution in [3.05, 3.63) is 69.0 Å². The summed E-state index contributed by atoms with van der Waals surface area (Å²) in [5.41, 5.74) is 1.54. The third kappa shape index (κ3) is 3.52. The maximum atomic E-state index is 12.7. The summed E-state index contributed by atoms with van der Waals surface area (Å²) in [5.74, 6) is 0.172. The van der Waals surface area contributed by atoms with Gasteiger partial charge in [-0.2, -0.15) is 0 Å². The Morgan fingerprint density at radius 1 is 1.27 bits per heavy atom. The van der Waals surface area contributed by atoms with Crippen LogP contribution >= 0.6 is 11.6 Å². The number of nitro groups is 1. The topological polar surface area (TPSA) is 101 Å². The van der Waals surface area contributed by atoms with Gasteiger partial charge in [0, 0.05) is 12.1 Å². The molecule has 3 rings (SSSR count). The largest absolute Gasteiger partial charge is 0.342 e. The van der Waals surface area contributed by atoms with Gasteiger partial charge in [0.15, 0.2) is 0 Å². The zero-order valence-electron chi connectivity index (χ0n) is 14.2. The van der Waals surface area contributed by atoms with Gasteiger partial charge in [-0.3, -0.25) is 14.9 Å². The fourth-order valence-corrected chi connectivity index (χ4v) is 2.89. The van der Waals surface area contributed by atoms with Gasteiger partial charge in [-0.1, -0.05) is 37.6 Å². The van der Waals surface area contributed by atoms with Crippen LogP contribution in [0.15, 0.2) is 42.5 Å². The van der Waals surface area contributed by atoms with Crippen LogP contribution in [0.1, 0.15) is 36.1 Å². The van der Waals surface area contributed by atoms with Gasteiger partial charge in [-0.15, -0.1) is 0 Å². The molecular weight excluding hydrogens is 356 g/mol. The second kappa shape index (κ2) is 7.13. The molecule has 8 heteroatoms. The molecule has 7 nitrogen and oxygen atoms in total. The number of imidazole rings is 1. The molecule has 1 aromatic heterocycles. The Balaban J connectivity index is 1.92. The highest BCUT2D eigenvalue weighted by Crippen LogP contribution is 2.26. The summed E-state index contributed by atoms with van der Waals surface area (Å²) in [6, 6.07) is 11.0. The van der Waals surface area contributed by atoms with Gasteiger partial charge >= 0.3 is 0 Å². The number of aromatic amines is 1. The fourth-order valence-electron chi connectivity index (χ4n) is 2.69. The van der Waals surface area contributed by atoms with Crippen molar-refractivity contribution in [2.75, 3.05) is 0 Å². The lowest BCUT2D eigenvalue weighted by Crippen LogP contribution is -2.32. The smallest absolute Gasteiger partial charge is 0.270 e. The Kier molecular flexibility index (Phi) is 4.90. The maximum Gasteiger partial charge on any atom is 0.270 e. The van der Waals surface area contributed by atoms with Crippen LogP contribution in [-0.2, 0) is 0 Å². The number of non-ortho nitro benzene ring substituents is 1. The highest BCUT2D eigenvalue weighted by Gasteiger charge is 2.24. The minimum atomic E-state index is -0.563. The first-order valence-electron chi connectivity index (χ1n) is 8.06. The van der Waals surface area contributed by atoms with Gasteiger partial charge in [0.05, 0.1) is 32.6 Å².